The first-order chi connectivity index (χ1) is 7.84. The third-order valence-electron chi connectivity index (χ3n) is 2.02. The lowest BCUT2D eigenvalue weighted by atomic mass is 10.2. The van der Waals surface area contributed by atoms with Gasteiger partial charge in [-0.15, -0.1) is 0 Å². The van der Waals surface area contributed by atoms with Crippen LogP contribution in [0.25, 0.3) is 0 Å². The van der Waals surface area contributed by atoms with E-state index in [2.05, 4.69) is 5.32 Å². The Morgan fingerprint density at radius 3 is 2.59 bits per heavy atom. The van der Waals surface area contributed by atoms with Crippen LogP contribution >= 0.6 is 0 Å². The molecule has 0 fully saturated rings. The number of nitrogens with two attached hydrogens (primary N) is 1. The van der Waals surface area contributed by atoms with Crippen molar-refractivity contribution < 1.29 is 18.3 Å². The van der Waals surface area contributed by atoms with Crippen LogP contribution in [0.1, 0.15) is 10.4 Å². The van der Waals surface area contributed by atoms with Gasteiger partial charge in [0.25, 0.3) is 5.91 Å². The van der Waals surface area contributed by atoms with E-state index in [4.69, 9.17) is 10.8 Å². The SMILES string of the molecule is CS(=O)(=O)c1cc(N)cc(C(=O)NCCO)c1. The van der Waals surface area contributed by atoms with Gasteiger partial charge in [-0.2, -0.15) is 0 Å². The predicted molar refractivity (Wildman–Crippen MR) is 63.4 cm³/mol. The average Bonchev–Trinajstić information content (AvgIpc) is 2.23. The molecule has 1 rings (SSSR count). The molecule has 0 radical (unpaired) electrons. The second-order valence-corrected chi connectivity index (χ2v) is 5.56. The summed E-state index contributed by atoms with van der Waals surface area (Å²) in [5.74, 6) is -0.476. The van der Waals surface area contributed by atoms with Gasteiger partial charge in [0, 0.05) is 24.1 Å². The number of benzene rings is 1. The molecule has 94 valence electrons. The second-order valence-electron chi connectivity index (χ2n) is 3.54. The first kappa shape index (κ1) is 13.5. The maximum atomic E-state index is 11.6. The molecular formula is C10H14N2O4S. The molecule has 4 N–H and O–H groups in total. The average molecular weight is 258 g/mol. The Hall–Kier alpha value is -1.60. The van der Waals surface area contributed by atoms with Gasteiger partial charge < -0.3 is 16.2 Å². The monoisotopic (exact) mass is 258 g/mol. The van der Waals surface area contributed by atoms with Crippen LogP contribution in [0.2, 0.25) is 0 Å². The third kappa shape index (κ3) is 3.72. The molecule has 0 unspecified atom stereocenters. The van der Waals surface area contributed by atoms with Gasteiger partial charge in [-0.1, -0.05) is 0 Å². The fraction of sp³-hybridized carbons (Fsp3) is 0.300. The largest absolute Gasteiger partial charge is 0.399 e. The minimum atomic E-state index is -3.41. The Morgan fingerprint density at radius 1 is 1.41 bits per heavy atom. The lowest BCUT2D eigenvalue weighted by Crippen LogP contribution is -2.26. The van der Waals surface area contributed by atoms with E-state index in [1.54, 1.807) is 0 Å². The van der Waals surface area contributed by atoms with Crippen molar-refractivity contribution in [1.29, 1.82) is 0 Å². The topological polar surface area (TPSA) is 109 Å². The second kappa shape index (κ2) is 5.15. The highest BCUT2D eigenvalue weighted by Crippen LogP contribution is 2.16. The van der Waals surface area contributed by atoms with E-state index < -0.39 is 15.7 Å². The summed E-state index contributed by atoms with van der Waals surface area (Å²) in [4.78, 5) is 11.6. The van der Waals surface area contributed by atoms with Crippen LogP contribution in [0.3, 0.4) is 0 Å². The summed E-state index contributed by atoms with van der Waals surface area (Å²) in [6.07, 6.45) is 1.04. The van der Waals surface area contributed by atoms with Crippen LogP contribution in [0, 0.1) is 0 Å². The van der Waals surface area contributed by atoms with Crippen molar-refractivity contribution in [3.63, 3.8) is 0 Å². The lowest BCUT2D eigenvalue weighted by molar-refractivity contribution is 0.0944. The number of nitrogens with one attached hydrogen (secondary N) is 1. The van der Waals surface area contributed by atoms with Crippen LogP contribution < -0.4 is 11.1 Å². The van der Waals surface area contributed by atoms with Gasteiger partial charge in [-0.05, 0) is 18.2 Å². The van der Waals surface area contributed by atoms with Gasteiger partial charge >= 0.3 is 0 Å². The van der Waals surface area contributed by atoms with Crippen molar-refractivity contribution in [3.8, 4) is 0 Å². The predicted octanol–water partition coefficient (Wildman–Crippen LogP) is -0.606. The summed E-state index contributed by atoms with van der Waals surface area (Å²) in [6, 6.07) is 3.91. The van der Waals surface area contributed by atoms with Crippen LogP contribution in [0.4, 0.5) is 5.69 Å². The van der Waals surface area contributed by atoms with Gasteiger partial charge in [0.05, 0.1) is 11.5 Å². The summed E-state index contributed by atoms with van der Waals surface area (Å²) in [6.45, 7) is -0.0885. The van der Waals surface area contributed by atoms with Gasteiger partial charge in [-0.3, -0.25) is 4.79 Å². The number of hydrogen-bond acceptors (Lipinski definition) is 5. The van der Waals surface area contributed by atoms with Crippen LogP contribution in [0.5, 0.6) is 0 Å². The molecule has 1 aromatic carbocycles. The molecular weight excluding hydrogens is 244 g/mol. The van der Waals surface area contributed by atoms with E-state index >= 15 is 0 Å². The number of rotatable bonds is 4. The summed E-state index contributed by atoms with van der Waals surface area (Å²) in [5, 5.41) is 11.0. The molecule has 1 amide bonds. The molecule has 0 bridgehead atoms. The van der Waals surface area contributed by atoms with Crippen molar-refractivity contribution >= 4 is 21.4 Å². The van der Waals surface area contributed by atoms with E-state index in [0.717, 1.165) is 6.26 Å². The first-order valence-electron chi connectivity index (χ1n) is 4.84. The molecule has 0 saturated carbocycles. The smallest absolute Gasteiger partial charge is 0.251 e. The highest BCUT2D eigenvalue weighted by atomic mass is 32.2. The fourth-order valence-electron chi connectivity index (χ4n) is 1.24. The minimum absolute atomic E-state index is 0.00773. The molecule has 0 aliphatic carbocycles. The Kier molecular flexibility index (Phi) is 4.08. The summed E-state index contributed by atoms with van der Waals surface area (Å²) >= 11 is 0. The Labute approximate surface area is 99.4 Å². The Bertz CT molecular complexity index is 525. The molecule has 0 spiro atoms. The van der Waals surface area contributed by atoms with E-state index in [0.29, 0.717) is 0 Å². The number of sulfone groups is 1. The number of aliphatic hydroxyl groups excluding tert-OH is 1. The van der Waals surface area contributed by atoms with E-state index in [9.17, 15) is 13.2 Å². The van der Waals surface area contributed by atoms with E-state index in [1.807, 2.05) is 0 Å². The first-order valence-corrected chi connectivity index (χ1v) is 6.73. The molecule has 7 heteroatoms. The van der Waals surface area contributed by atoms with Crippen LogP contribution in [0.15, 0.2) is 23.1 Å². The normalized spacial score (nSPS) is 11.2. The number of aliphatic hydroxyl groups is 1. The van der Waals surface area contributed by atoms with Crippen molar-refractivity contribution in [2.45, 2.75) is 4.90 Å². The zero-order chi connectivity index (χ0) is 13.1. The maximum absolute atomic E-state index is 11.6. The zero-order valence-electron chi connectivity index (χ0n) is 9.30. The lowest BCUT2D eigenvalue weighted by Gasteiger charge is -2.06. The van der Waals surface area contributed by atoms with Gasteiger partial charge in [-0.25, -0.2) is 8.42 Å². The number of hydrogen-bond donors (Lipinski definition) is 3. The van der Waals surface area contributed by atoms with Crippen LogP contribution in [-0.2, 0) is 9.84 Å². The van der Waals surface area contributed by atoms with Gasteiger partial charge in [0.1, 0.15) is 0 Å². The highest BCUT2D eigenvalue weighted by Gasteiger charge is 2.13. The standard InChI is InChI=1S/C10H14N2O4S/c1-17(15,16)9-5-7(4-8(11)6-9)10(14)12-2-3-13/h4-6,13H,2-3,11H2,1H3,(H,12,14). The Balaban J connectivity index is 3.10. The minimum Gasteiger partial charge on any atom is -0.399 e. The van der Waals surface area contributed by atoms with Crippen molar-refractivity contribution in [3.05, 3.63) is 23.8 Å². The van der Waals surface area contributed by atoms with Gasteiger partial charge in [0.2, 0.25) is 0 Å². The molecule has 0 aliphatic heterocycles. The molecule has 1 aromatic rings. The molecule has 0 atom stereocenters. The number of amides is 1. The van der Waals surface area contributed by atoms with Crippen molar-refractivity contribution in [1.82, 2.24) is 5.32 Å². The van der Waals surface area contributed by atoms with Crippen LogP contribution in [-0.4, -0.2) is 38.8 Å². The summed E-state index contributed by atoms with van der Waals surface area (Å²) in [7, 11) is -3.41. The fourth-order valence-corrected chi connectivity index (χ4v) is 1.93. The van der Waals surface area contributed by atoms with E-state index in [1.165, 1.54) is 18.2 Å². The zero-order valence-corrected chi connectivity index (χ0v) is 10.1. The highest BCUT2D eigenvalue weighted by molar-refractivity contribution is 7.90. The number of anilines is 1. The molecule has 17 heavy (non-hydrogen) atoms. The third-order valence-corrected chi connectivity index (χ3v) is 3.11. The summed E-state index contributed by atoms with van der Waals surface area (Å²) in [5.41, 5.74) is 5.88. The number of carbonyl (C=O) groups excluding carboxylic acids is 1. The number of nitrogen functional groups attached to an aromatic ring is 1. The van der Waals surface area contributed by atoms with Crippen molar-refractivity contribution in [2.24, 2.45) is 0 Å². The summed E-state index contributed by atoms with van der Waals surface area (Å²) < 4.78 is 22.7. The van der Waals surface area contributed by atoms with Gasteiger partial charge in [0.15, 0.2) is 9.84 Å². The maximum Gasteiger partial charge on any atom is 0.251 e. The molecule has 0 heterocycles. The van der Waals surface area contributed by atoms with Crippen molar-refractivity contribution in [2.75, 3.05) is 25.1 Å². The molecule has 0 saturated heterocycles. The quantitative estimate of drug-likeness (QED) is 0.624. The number of carbonyl (C=O) groups is 1. The van der Waals surface area contributed by atoms with E-state index in [-0.39, 0.29) is 29.3 Å². The molecule has 6 nitrogen and oxygen atoms in total. The molecule has 0 aromatic heterocycles. The Morgan fingerprint density at radius 2 is 2.06 bits per heavy atom. The molecule has 0 aliphatic rings.